The molecule has 0 radical (unpaired) electrons. The number of ether oxygens (including phenoxy) is 1. The molecule has 5 nitrogen and oxygen atoms in total. The highest BCUT2D eigenvalue weighted by atomic mass is 16.5. The van der Waals surface area contributed by atoms with Crippen LogP contribution < -0.4 is 10.9 Å². The number of benzene rings is 1. The largest absolute Gasteiger partial charge is 0.367 e. The van der Waals surface area contributed by atoms with Crippen molar-refractivity contribution in [2.45, 2.75) is 26.5 Å². The molecule has 22 heavy (non-hydrogen) atoms. The molecule has 0 fully saturated rings. The molecule has 1 heterocycles. The molecule has 1 aromatic carbocycles. The Labute approximate surface area is 129 Å². The second-order valence-corrected chi connectivity index (χ2v) is 5.19. The van der Waals surface area contributed by atoms with E-state index in [1.807, 2.05) is 50.2 Å². The predicted molar refractivity (Wildman–Crippen MR) is 84.6 cm³/mol. The van der Waals surface area contributed by atoms with E-state index in [-0.39, 0.29) is 18.0 Å². The summed E-state index contributed by atoms with van der Waals surface area (Å²) in [6, 6.07) is 11.1. The van der Waals surface area contributed by atoms with Crippen molar-refractivity contribution in [2.75, 3.05) is 7.11 Å². The number of pyridine rings is 1. The van der Waals surface area contributed by atoms with Crippen LogP contribution in [0.4, 0.5) is 0 Å². The molecule has 0 aliphatic carbocycles. The van der Waals surface area contributed by atoms with Crippen molar-refractivity contribution in [3.05, 3.63) is 69.1 Å². The minimum Gasteiger partial charge on any atom is -0.367 e. The number of aryl methyl sites for hydroxylation is 2. The Morgan fingerprint density at radius 2 is 1.95 bits per heavy atom. The average Bonchev–Trinajstić information content (AvgIpc) is 2.48. The fraction of sp³-hybridized carbons (Fsp3) is 0.294. The van der Waals surface area contributed by atoms with Crippen molar-refractivity contribution in [1.82, 2.24) is 10.3 Å². The summed E-state index contributed by atoms with van der Waals surface area (Å²) in [6.45, 7) is 3.86. The van der Waals surface area contributed by atoms with Crippen molar-refractivity contribution >= 4 is 5.91 Å². The Kier molecular flexibility index (Phi) is 5.12. The van der Waals surface area contributed by atoms with Gasteiger partial charge in [0.25, 0.3) is 11.5 Å². The summed E-state index contributed by atoms with van der Waals surface area (Å²) in [4.78, 5) is 27.0. The molecule has 2 N–H and O–H groups in total. The van der Waals surface area contributed by atoms with E-state index in [1.165, 1.54) is 7.11 Å². The lowest BCUT2D eigenvalue weighted by atomic mass is 10.1. The van der Waals surface area contributed by atoms with Gasteiger partial charge in [0.2, 0.25) is 0 Å². The third-order valence-corrected chi connectivity index (χ3v) is 3.51. The lowest BCUT2D eigenvalue weighted by Gasteiger charge is -2.16. The van der Waals surface area contributed by atoms with Crippen LogP contribution in [0, 0.1) is 13.8 Å². The predicted octanol–water partition coefficient (Wildman–Crippen LogP) is 2.00. The summed E-state index contributed by atoms with van der Waals surface area (Å²) < 4.78 is 5.27. The minimum atomic E-state index is -0.689. The van der Waals surface area contributed by atoms with Gasteiger partial charge in [0, 0.05) is 24.9 Å². The van der Waals surface area contributed by atoms with E-state index in [2.05, 4.69) is 10.3 Å². The Hall–Kier alpha value is -2.40. The van der Waals surface area contributed by atoms with Gasteiger partial charge in [-0.2, -0.15) is 0 Å². The quantitative estimate of drug-likeness (QED) is 0.887. The lowest BCUT2D eigenvalue weighted by Crippen LogP contribution is -2.32. The van der Waals surface area contributed by atoms with Gasteiger partial charge < -0.3 is 15.0 Å². The first-order chi connectivity index (χ1) is 10.5. The number of methoxy groups -OCH3 is 1. The first-order valence-electron chi connectivity index (χ1n) is 7.07. The standard InChI is InChI=1S/C17H20N2O3/c1-11-9-12(2)19-16(20)14(11)10-18-17(21)15(22-3)13-7-5-4-6-8-13/h4-9,15H,10H2,1-3H3,(H,18,21)(H,19,20). The maximum Gasteiger partial charge on any atom is 0.254 e. The maximum atomic E-state index is 12.3. The molecule has 0 saturated heterocycles. The van der Waals surface area contributed by atoms with Crippen molar-refractivity contribution in [1.29, 1.82) is 0 Å². The number of H-pyrrole nitrogens is 1. The smallest absolute Gasteiger partial charge is 0.254 e. The molecule has 0 spiro atoms. The normalized spacial score (nSPS) is 12.0. The molecule has 0 bridgehead atoms. The van der Waals surface area contributed by atoms with Crippen molar-refractivity contribution in [3.63, 3.8) is 0 Å². The number of nitrogens with one attached hydrogen (secondary N) is 2. The molecule has 1 aromatic heterocycles. The molecule has 1 unspecified atom stereocenters. The second-order valence-electron chi connectivity index (χ2n) is 5.19. The van der Waals surface area contributed by atoms with Crippen LogP contribution in [-0.2, 0) is 16.1 Å². The van der Waals surface area contributed by atoms with Crippen LogP contribution in [0.2, 0.25) is 0 Å². The fourth-order valence-electron chi connectivity index (χ4n) is 2.39. The molecule has 116 valence electrons. The number of aromatic nitrogens is 1. The molecule has 1 amide bonds. The summed E-state index contributed by atoms with van der Waals surface area (Å²) in [7, 11) is 1.49. The van der Waals surface area contributed by atoms with Crippen LogP contribution in [0.3, 0.4) is 0 Å². The van der Waals surface area contributed by atoms with Crippen LogP contribution >= 0.6 is 0 Å². The van der Waals surface area contributed by atoms with E-state index in [9.17, 15) is 9.59 Å². The van der Waals surface area contributed by atoms with Crippen LogP contribution in [0.25, 0.3) is 0 Å². The van der Waals surface area contributed by atoms with Gasteiger partial charge in [-0.15, -0.1) is 0 Å². The maximum absolute atomic E-state index is 12.3. The number of carbonyl (C=O) groups is 1. The van der Waals surface area contributed by atoms with Crippen LogP contribution in [0.1, 0.15) is 28.5 Å². The summed E-state index contributed by atoms with van der Waals surface area (Å²) >= 11 is 0. The zero-order valence-electron chi connectivity index (χ0n) is 13.0. The molecule has 0 saturated carbocycles. The van der Waals surface area contributed by atoms with Gasteiger partial charge in [0.15, 0.2) is 6.10 Å². The molecular weight excluding hydrogens is 280 g/mol. The topological polar surface area (TPSA) is 71.2 Å². The van der Waals surface area contributed by atoms with E-state index in [0.717, 1.165) is 16.8 Å². The molecule has 1 atom stereocenters. The van der Waals surface area contributed by atoms with Crippen molar-refractivity contribution in [3.8, 4) is 0 Å². The van der Waals surface area contributed by atoms with Gasteiger partial charge in [-0.1, -0.05) is 30.3 Å². The molecular formula is C17H20N2O3. The van der Waals surface area contributed by atoms with Crippen LogP contribution in [0.5, 0.6) is 0 Å². The Balaban J connectivity index is 2.11. The van der Waals surface area contributed by atoms with Gasteiger partial charge in [-0.25, -0.2) is 0 Å². The summed E-state index contributed by atoms with van der Waals surface area (Å²) in [5.74, 6) is -0.270. The van der Waals surface area contributed by atoms with Gasteiger partial charge >= 0.3 is 0 Å². The second kappa shape index (κ2) is 7.04. The number of carbonyl (C=O) groups excluding carboxylic acids is 1. The summed E-state index contributed by atoms with van der Waals surface area (Å²) in [5.41, 5.74) is 2.82. The highest BCUT2D eigenvalue weighted by molar-refractivity contribution is 5.82. The van der Waals surface area contributed by atoms with Gasteiger partial charge in [0.05, 0.1) is 0 Å². The third kappa shape index (κ3) is 3.62. The molecule has 5 heteroatoms. The van der Waals surface area contributed by atoms with E-state index in [0.29, 0.717) is 5.56 Å². The average molecular weight is 300 g/mol. The SMILES string of the molecule is COC(C(=O)NCc1c(C)cc(C)[nH]c1=O)c1ccccc1. The molecule has 0 aliphatic heterocycles. The molecule has 0 aliphatic rings. The third-order valence-electron chi connectivity index (χ3n) is 3.51. The van der Waals surface area contributed by atoms with Gasteiger partial charge in [0.1, 0.15) is 0 Å². The van der Waals surface area contributed by atoms with Crippen molar-refractivity contribution in [2.24, 2.45) is 0 Å². The van der Waals surface area contributed by atoms with Crippen LogP contribution in [0.15, 0.2) is 41.2 Å². The molecule has 2 aromatic rings. The first-order valence-corrected chi connectivity index (χ1v) is 7.07. The zero-order valence-corrected chi connectivity index (χ0v) is 13.0. The Morgan fingerprint density at radius 1 is 1.27 bits per heavy atom. The van der Waals surface area contributed by atoms with Gasteiger partial charge in [-0.3, -0.25) is 9.59 Å². The van der Waals surface area contributed by atoms with E-state index < -0.39 is 6.10 Å². The van der Waals surface area contributed by atoms with E-state index in [4.69, 9.17) is 4.74 Å². The minimum absolute atomic E-state index is 0.174. The summed E-state index contributed by atoms with van der Waals surface area (Å²) in [5, 5.41) is 2.77. The number of hydrogen-bond acceptors (Lipinski definition) is 3. The fourth-order valence-corrected chi connectivity index (χ4v) is 2.39. The highest BCUT2D eigenvalue weighted by Crippen LogP contribution is 2.16. The summed E-state index contributed by atoms with van der Waals surface area (Å²) in [6.07, 6.45) is -0.689. The number of aromatic amines is 1. The number of rotatable bonds is 5. The lowest BCUT2D eigenvalue weighted by molar-refractivity contribution is -0.131. The Bertz CT molecular complexity index is 708. The van der Waals surface area contributed by atoms with Crippen molar-refractivity contribution < 1.29 is 9.53 Å². The Morgan fingerprint density at radius 3 is 2.55 bits per heavy atom. The number of hydrogen-bond donors (Lipinski definition) is 2. The zero-order chi connectivity index (χ0) is 16.1. The van der Waals surface area contributed by atoms with E-state index >= 15 is 0 Å². The van der Waals surface area contributed by atoms with Gasteiger partial charge in [-0.05, 0) is 31.0 Å². The molecule has 2 rings (SSSR count). The number of amides is 1. The first kappa shape index (κ1) is 16.0. The monoisotopic (exact) mass is 300 g/mol. The van der Waals surface area contributed by atoms with E-state index in [1.54, 1.807) is 0 Å². The highest BCUT2D eigenvalue weighted by Gasteiger charge is 2.20. The van der Waals surface area contributed by atoms with Crippen LogP contribution in [-0.4, -0.2) is 18.0 Å².